The van der Waals surface area contributed by atoms with Crippen LogP contribution in [0.1, 0.15) is 5.82 Å². The monoisotopic (exact) mass is 511 g/mol. The highest BCUT2D eigenvalue weighted by atomic mass is 32.2. The van der Waals surface area contributed by atoms with Crippen LogP contribution in [0, 0.1) is 0 Å². The van der Waals surface area contributed by atoms with Crippen LogP contribution in [0.15, 0.2) is 28.6 Å². The highest BCUT2D eigenvalue weighted by Crippen LogP contribution is 2.40. The van der Waals surface area contributed by atoms with Gasteiger partial charge >= 0.3 is 0 Å². The summed E-state index contributed by atoms with van der Waals surface area (Å²) >= 11 is 2.18. The number of rotatable bonds is 10. The quantitative estimate of drug-likeness (QED) is 0.131. The molecular weight excluding hydrogens is 486 g/mol. The maximum atomic E-state index is 12.8. The van der Waals surface area contributed by atoms with Crippen LogP contribution in [0.4, 0.5) is 5.13 Å². The van der Waals surface area contributed by atoms with Crippen molar-refractivity contribution < 1.29 is 33.9 Å². The molecule has 0 saturated carbocycles. The number of aromatic nitrogens is 2. The van der Waals surface area contributed by atoms with Gasteiger partial charge in [-0.15, -0.1) is 11.8 Å². The van der Waals surface area contributed by atoms with Gasteiger partial charge < -0.3 is 35.4 Å². The Kier molecular flexibility index (Phi) is 7.91. The summed E-state index contributed by atoms with van der Waals surface area (Å²) in [5.41, 5.74) is 5.52. The van der Waals surface area contributed by atoms with E-state index in [1.807, 2.05) is 14.1 Å². The van der Waals surface area contributed by atoms with Gasteiger partial charge in [-0.1, -0.05) is 11.2 Å². The number of anilines is 1. The Morgan fingerprint density at radius 1 is 1.47 bits per heavy atom. The molecule has 2 aliphatic rings. The van der Waals surface area contributed by atoms with Gasteiger partial charge in [-0.3, -0.25) is 14.5 Å². The second kappa shape index (κ2) is 10.5. The largest absolute Gasteiger partial charge is 0.543 e. The summed E-state index contributed by atoms with van der Waals surface area (Å²) < 4.78 is 4.44. The lowest BCUT2D eigenvalue weighted by Gasteiger charge is -2.50. The number of carbonyl (C=O) groups excluding carboxylic acids is 3. The molecule has 184 valence electrons. The van der Waals surface area contributed by atoms with E-state index in [4.69, 9.17) is 10.8 Å². The maximum Gasteiger partial charge on any atom is 0.278 e. The first-order chi connectivity index (χ1) is 16.1. The lowest BCUT2D eigenvalue weighted by molar-refractivity contribution is -0.884. The van der Waals surface area contributed by atoms with E-state index in [-0.39, 0.29) is 29.0 Å². The zero-order chi connectivity index (χ0) is 25.0. The van der Waals surface area contributed by atoms with E-state index in [1.54, 1.807) is 12.2 Å². The zero-order valence-corrected chi connectivity index (χ0v) is 20.4. The number of nitrogens with zero attached hydrogens (tertiary/aromatic N) is 5. The minimum absolute atomic E-state index is 0.0312. The number of carboxylic acid groups (broad SMARTS) is 1. The third-order valence-corrected chi connectivity index (χ3v) is 7.00. The van der Waals surface area contributed by atoms with E-state index in [9.17, 15) is 19.5 Å². The molecule has 0 aliphatic carbocycles. The van der Waals surface area contributed by atoms with Crippen LogP contribution in [0.3, 0.4) is 0 Å². The molecule has 0 bridgehead atoms. The Labute approximate surface area is 203 Å². The number of quaternary nitrogens is 1. The molecule has 4 N–H and O–H groups in total. The molecule has 2 amide bonds. The number of aliphatic carboxylic acids is 1. The number of β-lactam (4-membered cyclic amide) rings is 1. The molecule has 1 fully saturated rings. The summed E-state index contributed by atoms with van der Waals surface area (Å²) in [6.07, 6.45) is 3.46. The summed E-state index contributed by atoms with van der Waals surface area (Å²) in [5.74, 6) is -2.57. The van der Waals surface area contributed by atoms with E-state index >= 15 is 0 Å². The summed E-state index contributed by atoms with van der Waals surface area (Å²) in [7, 11) is 5.11. The smallest absolute Gasteiger partial charge is 0.278 e. The minimum atomic E-state index is -1.48. The minimum Gasteiger partial charge on any atom is -0.543 e. The van der Waals surface area contributed by atoms with E-state index in [0.29, 0.717) is 28.9 Å². The first kappa shape index (κ1) is 25.6. The van der Waals surface area contributed by atoms with Crippen molar-refractivity contribution in [3.8, 4) is 0 Å². The van der Waals surface area contributed by atoms with E-state index in [2.05, 4.69) is 24.7 Å². The van der Waals surface area contributed by atoms with Crippen molar-refractivity contribution in [1.82, 2.24) is 19.6 Å². The molecule has 1 aromatic rings. The highest BCUT2D eigenvalue weighted by molar-refractivity contribution is 8.00. The third kappa shape index (κ3) is 5.38. The second-order valence-corrected chi connectivity index (χ2v) is 9.96. The summed E-state index contributed by atoms with van der Waals surface area (Å²) in [4.78, 5) is 47.2. The molecule has 0 unspecified atom stereocenters. The van der Waals surface area contributed by atoms with Crippen molar-refractivity contribution in [3.05, 3.63) is 29.2 Å². The molecule has 2 atom stereocenters. The molecule has 2 aliphatic heterocycles. The number of thioether (sulfide) groups is 1. The van der Waals surface area contributed by atoms with Crippen LogP contribution in [0.25, 0.3) is 0 Å². The summed E-state index contributed by atoms with van der Waals surface area (Å²) in [5, 5.41) is 26.7. The van der Waals surface area contributed by atoms with Crippen LogP contribution >= 0.6 is 23.3 Å². The summed E-state index contributed by atoms with van der Waals surface area (Å²) in [6, 6.07) is -0.976. The number of aliphatic hydroxyl groups excluding tert-OH is 1. The number of aliphatic hydroxyl groups is 1. The maximum absolute atomic E-state index is 12.8. The van der Waals surface area contributed by atoms with Gasteiger partial charge in [-0.2, -0.15) is 9.36 Å². The first-order valence-electron chi connectivity index (χ1n) is 10.1. The number of carboxylic acids is 1. The van der Waals surface area contributed by atoms with Crippen molar-refractivity contribution in [2.24, 2.45) is 5.16 Å². The number of nitrogens with two attached hydrogens (primary N) is 1. The van der Waals surface area contributed by atoms with E-state index < -0.39 is 29.2 Å². The van der Waals surface area contributed by atoms with Crippen LogP contribution < -0.4 is 16.2 Å². The molecule has 0 aromatic carbocycles. The normalized spacial score (nSPS) is 20.9. The molecule has 13 nitrogen and oxygen atoms in total. The van der Waals surface area contributed by atoms with Crippen molar-refractivity contribution in [2.75, 3.05) is 52.4 Å². The fourth-order valence-electron chi connectivity index (χ4n) is 3.42. The average Bonchev–Trinajstić information content (AvgIpc) is 3.20. The molecule has 15 heteroatoms. The fraction of sp³-hybridized carbons (Fsp3) is 0.474. The van der Waals surface area contributed by atoms with Gasteiger partial charge in [0.25, 0.3) is 11.8 Å². The number of hydrogen-bond acceptors (Lipinski definition) is 12. The number of amides is 2. The number of nitrogen functional groups attached to an aromatic ring is 1. The van der Waals surface area contributed by atoms with E-state index in [1.165, 1.54) is 18.9 Å². The van der Waals surface area contributed by atoms with Crippen molar-refractivity contribution in [2.45, 2.75) is 11.4 Å². The number of likely N-dealkylation sites (N-methyl/N-ethyl adjacent to an activating group) is 1. The lowest BCUT2D eigenvalue weighted by Crippen LogP contribution is -2.71. The van der Waals surface area contributed by atoms with Gasteiger partial charge in [0, 0.05) is 17.3 Å². The Bertz CT molecular complexity index is 1070. The molecule has 0 spiro atoms. The predicted molar refractivity (Wildman–Crippen MR) is 123 cm³/mol. The van der Waals surface area contributed by atoms with Crippen LogP contribution in [-0.2, 0) is 19.2 Å². The molecule has 1 saturated heterocycles. The molecule has 1 aromatic heterocycles. The number of allylic oxidation sites excluding steroid dienone is 1. The fourth-order valence-corrected chi connectivity index (χ4v) is 5.17. The number of oxime groups is 1. The molecular formula is C19H25N7O6S2. The zero-order valence-electron chi connectivity index (χ0n) is 18.8. The van der Waals surface area contributed by atoms with Crippen molar-refractivity contribution >= 4 is 51.9 Å². The molecule has 34 heavy (non-hydrogen) atoms. The Morgan fingerprint density at radius 3 is 2.79 bits per heavy atom. The molecule has 3 heterocycles. The Balaban J connectivity index is 1.75. The van der Waals surface area contributed by atoms with Gasteiger partial charge in [-0.05, 0) is 11.6 Å². The van der Waals surface area contributed by atoms with E-state index in [0.717, 1.165) is 16.4 Å². The van der Waals surface area contributed by atoms with Gasteiger partial charge in [0.05, 0.1) is 38.9 Å². The topological polar surface area (TPSA) is 183 Å². The van der Waals surface area contributed by atoms with Crippen molar-refractivity contribution in [3.63, 3.8) is 0 Å². The Morgan fingerprint density at radius 2 is 2.21 bits per heavy atom. The molecule has 0 radical (unpaired) electrons. The predicted octanol–water partition coefficient (Wildman–Crippen LogP) is -2.50. The van der Waals surface area contributed by atoms with Gasteiger partial charge in [0.2, 0.25) is 11.5 Å². The second-order valence-electron chi connectivity index (χ2n) is 8.07. The lowest BCUT2D eigenvalue weighted by atomic mass is 10.0. The van der Waals surface area contributed by atoms with Gasteiger partial charge in [0.1, 0.15) is 25.1 Å². The highest BCUT2D eigenvalue weighted by Gasteiger charge is 2.53. The van der Waals surface area contributed by atoms with Crippen LogP contribution in [0.5, 0.6) is 0 Å². The number of hydrogen-bond donors (Lipinski definition) is 3. The van der Waals surface area contributed by atoms with Gasteiger partial charge in [0.15, 0.2) is 5.13 Å². The van der Waals surface area contributed by atoms with Crippen LogP contribution in [-0.4, -0.2) is 105 Å². The standard InChI is InChI=1S/C19H25N7O6S2/c1-26(2,7-8-27)6-4-5-10-9-33-17-12(16(29)25(17)13(10)18(30)31)21-15(28)11(23-32-3)14-22-19(20)34-24-14/h4-5,12,17,27H,6-9H2,1-3H3,(H3-,20,21,22,24,28,30,31)/b5-4+,23-11-/t12-,17-/m1/s1. The van der Waals surface area contributed by atoms with Crippen LogP contribution in [0.2, 0.25) is 0 Å². The number of nitrogens with one attached hydrogen (secondary N) is 1. The Hall–Kier alpha value is -3.01. The van der Waals surface area contributed by atoms with Crippen molar-refractivity contribution in [1.29, 1.82) is 0 Å². The first-order valence-corrected chi connectivity index (χ1v) is 11.9. The third-order valence-electron chi connectivity index (χ3n) is 5.15. The van der Waals surface area contributed by atoms with Gasteiger partial charge in [-0.25, -0.2) is 0 Å². The number of carbonyl (C=O) groups is 3. The molecule has 3 rings (SSSR count). The number of fused-ring (bicyclic) bond motifs is 1. The SMILES string of the molecule is CO/N=C(\C(=O)N[C@@H]1C(=O)N2C(C(=O)[O-])=C(/C=C/C[N+](C)(C)CCO)CS[C@H]12)c1nsc(N)n1. The summed E-state index contributed by atoms with van der Waals surface area (Å²) in [6.45, 7) is 1.13. The average molecular weight is 512 g/mol.